The lowest BCUT2D eigenvalue weighted by molar-refractivity contribution is 0.218. The Balaban J connectivity index is 2.03. The summed E-state index contributed by atoms with van der Waals surface area (Å²) in [6, 6.07) is 9.25. The number of nitrogens with one attached hydrogen (secondary N) is 1. The molecule has 0 amide bonds. The maximum Gasteiger partial charge on any atom is 0.0553 e. The van der Waals surface area contributed by atoms with Crippen molar-refractivity contribution < 1.29 is 4.74 Å². The molecule has 0 spiro atoms. The fourth-order valence-corrected chi connectivity index (χ4v) is 3.68. The van der Waals surface area contributed by atoms with Crippen molar-refractivity contribution in [3.63, 3.8) is 0 Å². The number of hydrogen-bond acceptors (Lipinski definition) is 3. The maximum atomic E-state index is 5.11. The van der Waals surface area contributed by atoms with Crippen LogP contribution in [0.1, 0.15) is 17.2 Å². The van der Waals surface area contributed by atoms with Crippen molar-refractivity contribution in [3.8, 4) is 0 Å². The summed E-state index contributed by atoms with van der Waals surface area (Å²) >= 11 is 2.01. The molecule has 0 saturated heterocycles. The first-order valence-corrected chi connectivity index (χ1v) is 6.77. The molecule has 0 bridgehead atoms. The molecule has 0 heterocycles. The number of rotatable bonds is 5. The zero-order chi connectivity index (χ0) is 11.4. The number of benzene rings is 1. The molecule has 0 aromatic heterocycles. The Morgan fingerprint density at radius 3 is 3.00 bits per heavy atom. The van der Waals surface area contributed by atoms with E-state index in [0.29, 0.717) is 11.3 Å². The Bertz CT molecular complexity index is 342. The fraction of sp³-hybridized carbons (Fsp3) is 0.538. The molecule has 0 saturated carbocycles. The molecule has 2 unspecified atom stereocenters. The number of hydrogen-bond donors (Lipinski definition) is 1. The Morgan fingerprint density at radius 2 is 2.25 bits per heavy atom. The first-order valence-electron chi connectivity index (χ1n) is 5.72. The van der Waals surface area contributed by atoms with Crippen LogP contribution in [0.3, 0.4) is 0 Å². The summed E-state index contributed by atoms with van der Waals surface area (Å²) in [5.41, 5.74) is 2.97. The third-order valence-electron chi connectivity index (χ3n) is 3.11. The SMILES string of the molecule is CNC1c2ccccc2CC1SCCOC. The molecule has 1 aliphatic rings. The third-order valence-corrected chi connectivity index (χ3v) is 4.38. The van der Waals surface area contributed by atoms with E-state index < -0.39 is 0 Å². The van der Waals surface area contributed by atoms with E-state index in [1.165, 1.54) is 17.5 Å². The van der Waals surface area contributed by atoms with E-state index in [0.717, 1.165) is 12.4 Å². The van der Waals surface area contributed by atoms with Crippen molar-refractivity contribution in [1.29, 1.82) is 0 Å². The van der Waals surface area contributed by atoms with Crippen molar-refractivity contribution >= 4 is 11.8 Å². The van der Waals surface area contributed by atoms with Gasteiger partial charge < -0.3 is 10.1 Å². The van der Waals surface area contributed by atoms with Crippen LogP contribution in [0.5, 0.6) is 0 Å². The highest BCUT2D eigenvalue weighted by Gasteiger charge is 2.30. The van der Waals surface area contributed by atoms with Crippen molar-refractivity contribution in [2.24, 2.45) is 0 Å². The van der Waals surface area contributed by atoms with Gasteiger partial charge in [-0.05, 0) is 24.6 Å². The van der Waals surface area contributed by atoms with E-state index in [1.807, 2.05) is 11.8 Å². The van der Waals surface area contributed by atoms with Gasteiger partial charge in [0.15, 0.2) is 0 Å². The minimum Gasteiger partial charge on any atom is -0.384 e. The monoisotopic (exact) mass is 237 g/mol. The summed E-state index contributed by atoms with van der Waals surface area (Å²) in [5.74, 6) is 1.08. The molecule has 1 aliphatic carbocycles. The quantitative estimate of drug-likeness (QED) is 0.794. The van der Waals surface area contributed by atoms with Crippen LogP contribution in [0, 0.1) is 0 Å². The average molecular weight is 237 g/mol. The molecule has 0 aliphatic heterocycles. The summed E-state index contributed by atoms with van der Waals surface area (Å²) in [5, 5.41) is 4.09. The standard InChI is InChI=1S/C13H19NOS/c1-14-13-11-6-4-3-5-10(11)9-12(13)16-8-7-15-2/h3-6,12-14H,7-9H2,1-2H3. The van der Waals surface area contributed by atoms with Gasteiger partial charge in [0.05, 0.1) is 6.61 Å². The van der Waals surface area contributed by atoms with Gasteiger partial charge in [0.1, 0.15) is 0 Å². The largest absolute Gasteiger partial charge is 0.384 e. The Kier molecular flexibility index (Phi) is 4.27. The molecule has 3 heteroatoms. The molecule has 2 rings (SSSR count). The average Bonchev–Trinajstić information content (AvgIpc) is 2.67. The summed E-state index contributed by atoms with van der Waals surface area (Å²) in [4.78, 5) is 0. The smallest absolute Gasteiger partial charge is 0.0553 e. The lowest BCUT2D eigenvalue weighted by Gasteiger charge is -2.19. The molecule has 0 radical (unpaired) electrons. The molecule has 0 fully saturated rings. The molecular weight excluding hydrogens is 218 g/mol. The molecule has 1 N–H and O–H groups in total. The van der Waals surface area contributed by atoms with Gasteiger partial charge in [-0.15, -0.1) is 0 Å². The van der Waals surface area contributed by atoms with E-state index in [4.69, 9.17) is 4.74 Å². The van der Waals surface area contributed by atoms with Crippen LogP contribution in [-0.4, -0.2) is 31.8 Å². The summed E-state index contributed by atoms with van der Waals surface area (Å²) < 4.78 is 5.11. The topological polar surface area (TPSA) is 21.3 Å². The molecule has 16 heavy (non-hydrogen) atoms. The van der Waals surface area contributed by atoms with E-state index in [1.54, 1.807) is 7.11 Å². The number of thioether (sulfide) groups is 1. The molecule has 2 atom stereocenters. The minimum absolute atomic E-state index is 0.498. The van der Waals surface area contributed by atoms with Crippen LogP contribution < -0.4 is 5.32 Å². The van der Waals surface area contributed by atoms with E-state index in [9.17, 15) is 0 Å². The second-order valence-electron chi connectivity index (χ2n) is 4.07. The molecule has 2 nitrogen and oxygen atoms in total. The Labute approximate surface area is 102 Å². The zero-order valence-electron chi connectivity index (χ0n) is 9.90. The highest BCUT2D eigenvalue weighted by Crippen LogP contribution is 2.37. The van der Waals surface area contributed by atoms with Gasteiger partial charge in [0, 0.05) is 24.2 Å². The molecular formula is C13H19NOS. The maximum absolute atomic E-state index is 5.11. The van der Waals surface area contributed by atoms with Crippen LogP contribution in [0.4, 0.5) is 0 Å². The molecule has 88 valence electrons. The first kappa shape index (κ1) is 12.0. The van der Waals surface area contributed by atoms with Crippen LogP contribution in [0.15, 0.2) is 24.3 Å². The van der Waals surface area contributed by atoms with Gasteiger partial charge in [-0.1, -0.05) is 24.3 Å². The van der Waals surface area contributed by atoms with Crippen molar-refractivity contribution in [1.82, 2.24) is 5.32 Å². The predicted octanol–water partition coefficient (Wildman–Crippen LogP) is 2.25. The number of ether oxygens (including phenoxy) is 1. The highest BCUT2D eigenvalue weighted by molar-refractivity contribution is 8.00. The predicted molar refractivity (Wildman–Crippen MR) is 70.1 cm³/mol. The lowest BCUT2D eigenvalue weighted by atomic mass is 10.1. The van der Waals surface area contributed by atoms with Crippen LogP contribution in [0.2, 0.25) is 0 Å². The van der Waals surface area contributed by atoms with Gasteiger partial charge >= 0.3 is 0 Å². The van der Waals surface area contributed by atoms with Crippen molar-refractivity contribution in [2.45, 2.75) is 17.7 Å². The number of methoxy groups -OCH3 is 1. The molecule has 1 aromatic rings. The van der Waals surface area contributed by atoms with Gasteiger partial charge in [0.25, 0.3) is 0 Å². The van der Waals surface area contributed by atoms with Crippen molar-refractivity contribution in [3.05, 3.63) is 35.4 Å². The Morgan fingerprint density at radius 1 is 1.44 bits per heavy atom. The van der Waals surface area contributed by atoms with Crippen LogP contribution in [-0.2, 0) is 11.2 Å². The van der Waals surface area contributed by atoms with E-state index in [-0.39, 0.29) is 0 Å². The van der Waals surface area contributed by atoms with Gasteiger partial charge in [-0.3, -0.25) is 0 Å². The van der Waals surface area contributed by atoms with Crippen LogP contribution in [0.25, 0.3) is 0 Å². The highest BCUT2D eigenvalue weighted by atomic mass is 32.2. The second kappa shape index (κ2) is 5.71. The summed E-state index contributed by atoms with van der Waals surface area (Å²) in [6.45, 7) is 0.841. The third kappa shape index (κ3) is 2.42. The fourth-order valence-electron chi connectivity index (χ4n) is 2.34. The van der Waals surface area contributed by atoms with Gasteiger partial charge in [-0.25, -0.2) is 0 Å². The van der Waals surface area contributed by atoms with Gasteiger partial charge in [0.2, 0.25) is 0 Å². The lowest BCUT2D eigenvalue weighted by Crippen LogP contribution is -2.24. The second-order valence-corrected chi connectivity index (χ2v) is 5.42. The zero-order valence-corrected chi connectivity index (χ0v) is 10.7. The number of fused-ring (bicyclic) bond motifs is 1. The Hall–Kier alpha value is -0.510. The summed E-state index contributed by atoms with van der Waals surface area (Å²) in [6.07, 6.45) is 1.18. The molecule has 1 aromatic carbocycles. The van der Waals surface area contributed by atoms with E-state index in [2.05, 4.69) is 36.6 Å². The van der Waals surface area contributed by atoms with E-state index >= 15 is 0 Å². The van der Waals surface area contributed by atoms with Crippen molar-refractivity contribution in [2.75, 3.05) is 26.5 Å². The van der Waals surface area contributed by atoms with Crippen LogP contribution >= 0.6 is 11.8 Å². The minimum atomic E-state index is 0.498. The normalized spacial score (nSPS) is 23.4. The summed E-state index contributed by atoms with van der Waals surface area (Å²) in [7, 11) is 3.82. The first-order chi connectivity index (χ1) is 7.86. The van der Waals surface area contributed by atoms with Gasteiger partial charge in [-0.2, -0.15) is 11.8 Å².